The van der Waals surface area contributed by atoms with Crippen molar-refractivity contribution in [1.29, 1.82) is 0 Å². The molecule has 206 valence electrons. The fourth-order valence-corrected chi connectivity index (χ4v) is 5.35. The van der Waals surface area contributed by atoms with E-state index >= 15 is 0 Å². The van der Waals surface area contributed by atoms with E-state index in [0.29, 0.717) is 12.5 Å². The number of unbranched alkanes of at least 4 members (excludes halogenated alkanes) is 2. The first-order valence-electron chi connectivity index (χ1n) is 13.9. The molecule has 0 radical (unpaired) electrons. The summed E-state index contributed by atoms with van der Waals surface area (Å²) in [6, 6.07) is 0. The highest BCUT2D eigenvalue weighted by Gasteiger charge is 2.31. The highest BCUT2D eigenvalue weighted by atomic mass is 16.6. The van der Waals surface area contributed by atoms with Crippen LogP contribution >= 0.6 is 0 Å². The summed E-state index contributed by atoms with van der Waals surface area (Å²) in [6.45, 7) is 8.92. The Balaban J connectivity index is 1.76. The molecular formula is C29H48O7. The van der Waals surface area contributed by atoms with E-state index in [9.17, 15) is 9.59 Å². The number of rotatable bonds is 16. The van der Waals surface area contributed by atoms with Gasteiger partial charge in [0.25, 0.3) is 0 Å². The molecule has 7 nitrogen and oxygen atoms in total. The zero-order valence-corrected chi connectivity index (χ0v) is 22.3. The minimum Gasteiger partial charge on any atom is -0.462 e. The Labute approximate surface area is 217 Å². The third-order valence-corrected chi connectivity index (χ3v) is 7.91. The van der Waals surface area contributed by atoms with Crippen LogP contribution in [-0.4, -0.2) is 61.3 Å². The molecule has 0 aromatic rings. The number of carbonyl (C=O) groups is 2. The third-order valence-electron chi connectivity index (χ3n) is 7.91. The van der Waals surface area contributed by atoms with E-state index in [1.807, 2.05) is 0 Å². The lowest BCUT2D eigenvalue weighted by Crippen LogP contribution is -2.38. The molecule has 2 atom stereocenters. The lowest BCUT2D eigenvalue weighted by molar-refractivity contribution is -0.151. The van der Waals surface area contributed by atoms with Crippen LogP contribution in [-0.2, 0) is 23.8 Å². The Morgan fingerprint density at radius 3 is 1.78 bits per heavy atom. The Kier molecular flexibility index (Phi) is 14.4. The molecule has 0 bridgehead atoms. The lowest BCUT2D eigenvalue weighted by atomic mass is 9.77. The quantitative estimate of drug-likeness (QED) is 0.176. The minimum atomic E-state index is -0.678. The zero-order chi connectivity index (χ0) is 26.3. The number of hydrogen-bond donors (Lipinski definition) is 2. The van der Waals surface area contributed by atoms with Crippen molar-refractivity contribution in [1.82, 2.24) is 0 Å². The smallest absolute Gasteiger partial charge is 0.335 e. The first-order valence-corrected chi connectivity index (χ1v) is 13.9. The third kappa shape index (κ3) is 10.7. The molecule has 2 rings (SSSR count). The predicted octanol–water partition coefficient (Wildman–Crippen LogP) is 4.75. The molecule has 0 spiro atoms. The Morgan fingerprint density at radius 2 is 1.31 bits per heavy atom. The van der Waals surface area contributed by atoms with Gasteiger partial charge in [0.1, 0.15) is 13.2 Å². The molecule has 1 saturated heterocycles. The van der Waals surface area contributed by atoms with Crippen molar-refractivity contribution in [2.24, 2.45) is 23.7 Å². The Bertz CT molecular complexity index is 656. The van der Waals surface area contributed by atoms with Gasteiger partial charge in [0.15, 0.2) is 0 Å². The second kappa shape index (κ2) is 16.9. The molecule has 0 aromatic carbocycles. The largest absolute Gasteiger partial charge is 0.462 e. The van der Waals surface area contributed by atoms with Gasteiger partial charge in [-0.25, -0.2) is 9.59 Å². The standard InChI is InChI=1S/C29H48O7/c1-4-5-6-7-23-8-10-24(11-9-23)12-13-25-14-15-27(34-18-25)26(19-35-28(32)21(2)16-30)20-36-29(33)22(3)17-31/h23-27,30-31H,2-20H2,1H3. The van der Waals surface area contributed by atoms with Crippen LogP contribution in [0, 0.1) is 23.7 Å². The Morgan fingerprint density at radius 1 is 0.806 bits per heavy atom. The molecule has 2 N–H and O–H groups in total. The van der Waals surface area contributed by atoms with Gasteiger partial charge in [-0.1, -0.05) is 77.9 Å². The van der Waals surface area contributed by atoms with Crippen LogP contribution in [0.2, 0.25) is 0 Å². The maximum atomic E-state index is 11.9. The van der Waals surface area contributed by atoms with E-state index in [1.165, 1.54) is 64.2 Å². The molecule has 0 amide bonds. The second-order valence-electron chi connectivity index (χ2n) is 10.8. The molecule has 1 aliphatic carbocycles. The number of aliphatic hydroxyl groups excluding tert-OH is 2. The minimum absolute atomic E-state index is 0.00638. The van der Waals surface area contributed by atoms with E-state index in [0.717, 1.165) is 24.7 Å². The van der Waals surface area contributed by atoms with Gasteiger partial charge >= 0.3 is 11.9 Å². The van der Waals surface area contributed by atoms with Gasteiger partial charge in [-0.3, -0.25) is 0 Å². The van der Waals surface area contributed by atoms with Crippen molar-refractivity contribution in [3.05, 3.63) is 24.3 Å². The van der Waals surface area contributed by atoms with Crippen LogP contribution in [0.3, 0.4) is 0 Å². The van der Waals surface area contributed by atoms with Gasteiger partial charge in [0.2, 0.25) is 0 Å². The van der Waals surface area contributed by atoms with Gasteiger partial charge in [0, 0.05) is 6.61 Å². The van der Waals surface area contributed by atoms with E-state index in [2.05, 4.69) is 20.1 Å². The maximum absolute atomic E-state index is 11.9. The normalized spacial score (nSPS) is 24.3. The van der Waals surface area contributed by atoms with Crippen LogP contribution in [0.4, 0.5) is 0 Å². The molecule has 36 heavy (non-hydrogen) atoms. The zero-order valence-electron chi connectivity index (χ0n) is 22.3. The summed E-state index contributed by atoms with van der Waals surface area (Å²) >= 11 is 0. The number of hydrogen-bond acceptors (Lipinski definition) is 7. The molecule has 1 aliphatic heterocycles. The molecule has 2 fully saturated rings. The van der Waals surface area contributed by atoms with Crippen molar-refractivity contribution < 1.29 is 34.0 Å². The average molecular weight is 509 g/mol. The van der Waals surface area contributed by atoms with Crippen molar-refractivity contribution in [2.75, 3.05) is 33.0 Å². The Hall–Kier alpha value is -1.70. The van der Waals surface area contributed by atoms with Gasteiger partial charge in [-0.2, -0.15) is 0 Å². The number of carbonyl (C=O) groups excluding carboxylic acids is 2. The number of esters is 2. The molecule has 1 heterocycles. The monoisotopic (exact) mass is 508 g/mol. The lowest BCUT2D eigenvalue weighted by Gasteiger charge is -2.35. The molecule has 0 aromatic heterocycles. The first-order chi connectivity index (χ1) is 17.4. The van der Waals surface area contributed by atoms with E-state index < -0.39 is 25.2 Å². The van der Waals surface area contributed by atoms with Crippen molar-refractivity contribution in [3.63, 3.8) is 0 Å². The van der Waals surface area contributed by atoms with Crippen LogP contribution in [0.1, 0.15) is 84.0 Å². The second-order valence-corrected chi connectivity index (χ2v) is 10.8. The average Bonchev–Trinajstić information content (AvgIpc) is 2.91. The highest BCUT2D eigenvalue weighted by Crippen LogP contribution is 2.36. The molecular weight excluding hydrogens is 460 g/mol. The van der Waals surface area contributed by atoms with Crippen LogP contribution < -0.4 is 0 Å². The summed E-state index contributed by atoms with van der Waals surface area (Å²) in [4.78, 5) is 23.9. The first kappa shape index (κ1) is 30.5. The number of ether oxygens (including phenoxy) is 3. The molecule has 2 aliphatic rings. The topological polar surface area (TPSA) is 102 Å². The van der Waals surface area contributed by atoms with Gasteiger partial charge < -0.3 is 24.4 Å². The summed E-state index contributed by atoms with van der Waals surface area (Å²) in [5.74, 6) is 0.605. The van der Waals surface area contributed by atoms with Crippen LogP contribution in [0.5, 0.6) is 0 Å². The van der Waals surface area contributed by atoms with E-state index in [4.69, 9.17) is 24.4 Å². The fraction of sp³-hybridized carbons (Fsp3) is 0.793. The fourth-order valence-electron chi connectivity index (χ4n) is 5.35. The van der Waals surface area contributed by atoms with E-state index in [1.54, 1.807) is 0 Å². The molecule has 2 unspecified atom stereocenters. The SMILES string of the molecule is C=C(CO)C(=O)OCC(COC(=O)C(=C)CO)C1CCC(CCC2CCC(CCCCC)CC2)CO1. The van der Waals surface area contributed by atoms with Crippen molar-refractivity contribution >= 4 is 11.9 Å². The van der Waals surface area contributed by atoms with Crippen LogP contribution in [0.25, 0.3) is 0 Å². The van der Waals surface area contributed by atoms with Crippen LogP contribution in [0.15, 0.2) is 24.3 Å². The summed E-state index contributed by atoms with van der Waals surface area (Å²) in [7, 11) is 0. The van der Waals surface area contributed by atoms with Gasteiger partial charge in [0.05, 0.1) is 36.4 Å². The van der Waals surface area contributed by atoms with Crippen molar-refractivity contribution in [2.45, 2.75) is 90.1 Å². The maximum Gasteiger partial charge on any atom is 0.335 e. The van der Waals surface area contributed by atoms with Gasteiger partial charge in [-0.05, 0) is 37.0 Å². The number of aliphatic hydroxyl groups is 2. The summed E-state index contributed by atoms with van der Waals surface area (Å²) < 4.78 is 16.7. The molecule has 1 saturated carbocycles. The van der Waals surface area contributed by atoms with E-state index in [-0.39, 0.29) is 36.4 Å². The molecule has 7 heteroatoms. The summed E-state index contributed by atoms with van der Waals surface area (Å²) in [5, 5.41) is 18.2. The highest BCUT2D eigenvalue weighted by molar-refractivity contribution is 5.88. The predicted molar refractivity (Wildman–Crippen MR) is 139 cm³/mol. The van der Waals surface area contributed by atoms with Gasteiger partial charge in [-0.15, -0.1) is 0 Å². The summed E-state index contributed by atoms with van der Waals surface area (Å²) in [6.07, 6.45) is 15.1. The van der Waals surface area contributed by atoms with Crippen molar-refractivity contribution in [3.8, 4) is 0 Å². The summed E-state index contributed by atoms with van der Waals surface area (Å²) in [5.41, 5.74) is -0.0574.